The largest absolute Gasteiger partial charge is 0.361 e. The maximum absolute atomic E-state index is 11.2. The number of nitrogens with one attached hydrogen (secondary N) is 1. The first-order valence-corrected chi connectivity index (χ1v) is 4.47. The topological polar surface area (TPSA) is 45.2 Å². The third-order valence-electron chi connectivity index (χ3n) is 1.81. The van der Waals surface area contributed by atoms with Crippen LogP contribution >= 0.6 is 0 Å². The number of aromatic nitrogens is 1. The highest BCUT2D eigenvalue weighted by Gasteiger charge is 2.03. The maximum Gasteiger partial charge on any atom is 0.241 e. The molecule has 1 aromatic heterocycles. The minimum atomic E-state index is 0.0355. The van der Waals surface area contributed by atoms with Gasteiger partial charge in [0.1, 0.15) is 5.82 Å². The average Bonchev–Trinajstić information content (AvgIpc) is 2.14. The van der Waals surface area contributed by atoms with Crippen molar-refractivity contribution >= 4 is 11.7 Å². The van der Waals surface area contributed by atoms with Gasteiger partial charge >= 0.3 is 0 Å². The molecule has 1 N–H and O–H groups in total. The first-order chi connectivity index (χ1) is 6.59. The minimum absolute atomic E-state index is 0.0355. The summed E-state index contributed by atoms with van der Waals surface area (Å²) in [6.45, 7) is 2.20. The van der Waals surface area contributed by atoms with E-state index < -0.39 is 0 Å². The molecular formula is C10H15N3O. The van der Waals surface area contributed by atoms with Crippen molar-refractivity contribution in [3.8, 4) is 0 Å². The van der Waals surface area contributed by atoms with Gasteiger partial charge in [-0.15, -0.1) is 0 Å². The lowest BCUT2D eigenvalue weighted by molar-refractivity contribution is -0.126. The lowest BCUT2D eigenvalue weighted by Crippen LogP contribution is -2.28. The summed E-state index contributed by atoms with van der Waals surface area (Å²) in [6, 6.07) is 5.67. The highest BCUT2D eigenvalue weighted by Crippen LogP contribution is 2.02. The Kier molecular flexibility index (Phi) is 3.45. The van der Waals surface area contributed by atoms with Gasteiger partial charge in [0.05, 0.1) is 6.54 Å². The molecule has 0 spiro atoms. The van der Waals surface area contributed by atoms with Gasteiger partial charge in [0, 0.05) is 19.8 Å². The fourth-order valence-corrected chi connectivity index (χ4v) is 0.966. The second-order valence-electron chi connectivity index (χ2n) is 3.31. The number of hydrogen-bond acceptors (Lipinski definition) is 3. The molecule has 0 aliphatic carbocycles. The summed E-state index contributed by atoms with van der Waals surface area (Å²) >= 11 is 0. The molecule has 0 aliphatic heterocycles. The van der Waals surface area contributed by atoms with Crippen LogP contribution in [0.5, 0.6) is 0 Å². The van der Waals surface area contributed by atoms with Gasteiger partial charge in [0.15, 0.2) is 0 Å². The summed E-state index contributed by atoms with van der Waals surface area (Å²) < 4.78 is 0. The number of hydrogen-bond donors (Lipinski definition) is 1. The van der Waals surface area contributed by atoms with E-state index in [-0.39, 0.29) is 12.5 Å². The van der Waals surface area contributed by atoms with Gasteiger partial charge in [-0.25, -0.2) is 4.98 Å². The zero-order valence-corrected chi connectivity index (χ0v) is 8.74. The zero-order valence-electron chi connectivity index (χ0n) is 8.74. The van der Waals surface area contributed by atoms with Crippen LogP contribution in [0.1, 0.15) is 5.69 Å². The molecule has 1 aromatic rings. The zero-order chi connectivity index (χ0) is 10.6. The predicted molar refractivity (Wildman–Crippen MR) is 56.2 cm³/mol. The third kappa shape index (κ3) is 3.05. The molecule has 1 amide bonds. The second-order valence-corrected chi connectivity index (χ2v) is 3.31. The molecule has 1 heterocycles. The van der Waals surface area contributed by atoms with Crippen molar-refractivity contribution in [1.29, 1.82) is 0 Å². The number of carbonyl (C=O) groups excluding carboxylic acids is 1. The van der Waals surface area contributed by atoms with E-state index in [2.05, 4.69) is 10.3 Å². The van der Waals surface area contributed by atoms with Gasteiger partial charge in [-0.1, -0.05) is 6.07 Å². The van der Waals surface area contributed by atoms with Crippen molar-refractivity contribution in [2.45, 2.75) is 6.92 Å². The van der Waals surface area contributed by atoms with Crippen molar-refractivity contribution in [2.75, 3.05) is 26.0 Å². The molecule has 0 saturated heterocycles. The molecular weight excluding hydrogens is 178 g/mol. The average molecular weight is 193 g/mol. The number of anilines is 1. The number of pyridine rings is 1. The lowest BCUT2D eigenvalue weighted by atomic mass is 10.4. The van der Waals surface area contributed by atoms with Gasteiger partial charge in [-0.3, -0.25) is 4.79 Å². The van der Waals surface area contributed by atoms with Crippen LogP contribution in [0.4, 0.5) is 5.82 Å². The highest BCUT2D eigenvalue weighted by atomic mass is 16.2. The Balaban J connectivity index is 2.50. The number of nitrogens with zero attached hydrogens (tertiary/aromatic N) is 2. The monoisotopic (exact) mass is 193 g/mol. The van der Waals surface area contributed by atoms with Crippen LogP contribution in [-0.2, 0) is 4.79 Å². The molecule has 0 aromatic carbocycles. The highest BCUT2D eigenvalue weighted by molar-refractivity contribution is 5.79. The van der Waals surface area contributed by atoms with Gasteiger partial charge < -0.3 is 10.2 Å². The van der Waals surface area contributed by atoms with E-state index in [9.17, 15) is 4.79 Å². The summed E-state index contributed by atoms with van der Waals surface area (Å²) in [6.07, 6.45) is 0. The molecule has 0 fully saturated rings. The molecule has 14 heavy (non-hydrogen) atoms. The Morgan fingerprint density at radius 1 is 1.50 bits per heavy atom. The molecule has 76 valence electrons. The fourth-order valence-electron chi connectivity index (χ4n) is 0.966. The van der Waals surface area contributed by atoms with Crippen molar-refractivity contribution in [2.24, 2.45) is 0 Å². The first-order valence-electron chi connectivity index (χ1n) is 4.47. The van der Waals surface area contributed by atoms with Gasteiger partial charge in [0.25, 0.3) is 0 Å². The summed E-state index contributed by atoms with van der Waals surface area (Å²) in [5, 5.41) is 2.96. The Morgan fingerprint density at radius 2 is 2.21 bits per heavy atom. The minimum Gasteiger partial charge on any atom is -0.361 e. The molecule has 4 heteroatoms. The molecule has 0 radical (unpaired) electrons. The van der Waals surface area contributed by atoms with Gasteiger partial charge in [-0.2, -0.15) is 0 Å². The van der Waals surface area contributed by atoms with Crippen LogP contribution in [0.25, 0.3) is 0 Å². The van der Waals surface area contributed by atoms with Crippen molar-refractivity contribution in [3.63, 3.8) is 0 Å². The summed E-state index contributed by atoms with van der Waals surface area (Å²) in [4.78, 5) is 17.0. The van der Waals surface area contributed by atoms with Crippen LogP contribution < -0.4 is 5.32 Å². The predicted octanol–water partition coefficient (Wildman–Crippen LogP) is 0.890. The van der Waals surface area contributed by atoms with Crippen LogP contribution in [0, 0.1) is 6.92 Å². The summed E-state index contributed by atoms with van der Waals surface area (Å²) in [7, 11) is 3.46. The molecule has 1 rings (SSSR count). The maximum atomic E-state index is 11.2. The molecule has 0 saturated carbocycles. The van der Waals surface area contributed by atoms with E-state index >= 15 is 0 Å². The molecule has 0 bridgehead atoms. The second kappa shape index (κ2) is 4.60. The van der Waals surface area contributed by atoms with Gasteiger partial charge in [0.2, 0.25) is 5.91 Å². The Labute approximate surface area is 83.9 Å². The smallest absolute Gasteiger partial charge is 0.241 e. The lowest BCUT2D eigenvalue weighted by Gasteiger charge is -2.11. The van der Waals surface area contributed by atoms with E-state index in [1.165, 1.54) is 0 Å². The van der Waals surface area contributed by atoms with E-state index in [1.54, 1.807) is 19.0 Å². The quantitative estimate of drug-likeness (QED) is 0.775. The summed E-state index contributed by atoms with van der Waals surface area (Å²) in [5.74, 6) is 0.772. The van der Waals surface area contributed by atoms with Crippen LogP contribution in [0.3, 0.4) is 0 Å². The Hall–Kier alpha value is -1.58. The van der Waals surface area contributed by atoms with E-state index in [1.807, 2.05) is 25.1 Å². The number of carbonyl (C=O) groups is 1. The van der Waals surface area contributed by atoms with Crippen LogP contribution in [0.15, 0.2) is 18.2 Å². The normalized spacial score (nSPS) is 9.64. The van der Waals surface area contributed by atoms with Crippen molar-refractivity contribution < 1.29 is 4.79 Å². The fraction of sp³-hybridized carbons (Fsp3) is 0.400. The van der Waals surface area contributed by atoms with E-state index in [0.717, 1.165) is 11.5 Å². The third-order valence-corrected chi connectivity index (χ3v) is 1.81. The summed E-state index contributed by atoms with van der Waals surface area (Å²) in [5.41, 5.74) is 0.937. The molecule has 0 unspecified atom stereocenters. The first kappa shape index (κ1) is 10.5. The van der Waals surface area contributed by atoms with Gasteiger partial charge in [-0.05, 0) is 19.1 Å². The standard InChI is InChI=1S/C10H15N3O/c1-8-5-4-6-9(12-8)11-7-10(14)13(2)3/h4-6H,7H2,1-3H3,(H,11,12). The van der Waals surface area contributed by atoms with E-state index in [0.29, 0.717) is 0 Å². The van der Waals surface area contributed by atoms with Crippen molar-refractivity contribution in [1.82, 2.24) is 9.88 Å². The number of aryl methyl sites for hydroxylation is 1. The number of rotatable bonds is 3. The van der Waals surface area contributed by atoms with Crippen LogP contribution in [-0.4, -0.2) is 36.4 Å². The van der Waals surface area contributed by atoms with Crippen LogP contribution in [0.2, 0.25) is 0 Å². The molecule has 4 nitrogen and oxygen atoms in total. The number of likely N-dealkylation sites (N-methyl/N-ethyl adjacent to an activating group) is 1. The van der Waals surface area contributed by atoms with Crippen molar-refractivity contribution in [3.05, 3.63) is 23.9 Å². The number of amides is 1. The molecule has 0 atom stereocenters. The SMILES string of the molecule is Cc1cccc(NCC(=O)N(C)C)n1. The molecule has 0 aliphatic rings. The Bertz CT molecular complexity index is 323. The van der Waals surface area contributed by atoms with E-state index in [4.69, 9.17) is 0 Å². The Morgan fingerprint density at radius 3 is 2.79 bits per heavy atom.